The molecule has 2 aromatic rings. The maximum Gasteiger partial charge on any atom is 0.0484 e. The molecule has 0 unspecified atom stereocenters. The Balaban J connectivity index is 2.26. The normalized spacial score (nSPS) is 11.1. The Labute approximate surface area is 129 Å². The van der Waals surface area contributed by atoms with Gasteiger partial charge in [-0.2, -0.15) is 0 Å². The van der Waals surface area contributed by atoms with Gasteiger partial charge in [0.15, 0.2) is 0 Å². The molecule has 1 aromatic heterocycles. The fourth-order valence-corrected chi connectivity index (χ4v) is 2.96. The second-order valence-electron chi connectivity index (χ2n) is 6.05. The van der Waals surface area contributed by atoms with Crippen molar-refractivity contribution in [3.63, 3.8) is 0 Å². The molecule has 0 saturated heterocycles. The summed E-state index contributed by atoms with van der Waals surface area (Å²) in [6.07, 6.45) is 2.49. The lowest BCUT2D eigenvalue weighted by molar-refractivity contribution is 0.639. The van der Waals surface area contributed by atoms with Gasteiger partial charge in [0.25, 0.3) is 0 Å². The van der Waals surface area contributed by atoms with E-state index in [1.807, 2.05) is 0 Å². The second-order valence-corrected chi connectivity index (χ2v) is 6.05. The predicted octanol–water partition coefficient (Wildman–Crippen LogP) is 4.60. The van der Waals surface area contributed by atoms with Gasteiger partial charge in [0.1, 0.15) is 0 Å². The fourth-order valence-electron chi connectivity index (χ4n) is 2.96. The largest absolute Gasteiger partial charge is 0.318 e. The molecule has 0 saturated carbocycles. The van der Waals surface area contributed by atoms with Crippen molar-refractivity contribution < 1.29 is 0 Å². The van der Waals surface area contributed by atoms with Gasteiger partial charge in [-0.05, 0) is 63.9 Å². The Morgan fingerprint density at radius 2 is 1.81 bits per heavy atom. The van der Waals surface area contributed by atoms with Crippen LogP contribution in [0.2, 0.25) is 0 Å². The number of rotatable bonds is 6. The highest BCUT2D eigenvalue weighted by Crippen LogP contribution is 2.23. The zero-order chi connectivity index (χ0) is 15.4. The van der Waals surface area contributed by atoms with Crippen molar-refractivity contribution >= 4 is 0 Å². The number of unbranched alkanes of at least 4 members (excludes halogenated alkanes) is 1. The summed E-state index contributed by atoms with van der Waals surface area (Å²) in [6.45, 7) is 13.1. The van der Waals surface area contributed by atoms with Gasteiger partial charge in [0, 0.05) is 23.6 Å². The molecule has 0 atom stereocenters. The lowest BCUT2D eigenvalue weighted by Crippen LogP contribution is -2.15. The van der Waals surface area contributed by atoms with Gasteiger partial charge in [-0.15, -0.1) is 0 Å². The number of nitrogens with zero attached hydrogens (tertiary/aromatic N) is 1. The van der Waals surface area contributed by atoms with E-state index in [1.54, 1.807) is 0 Å². The summed E-state index contributed by atoms with van der Waals surface area (Å²) in [4.78, 5) is 0. The number of aryl methyl sites for hydroxylation is 3. The van der Waals surface area contributed by atoms with Crippen molar-refractivity contribution in [2.24, 2.45) is 0 Å². The fraction of sp³-hybridized carbons (Fsp3) is 0.474. The van der Waals surface area contributed by atoms with Gasteiger partial charge >= 0.3 is 0 Å². The number of hydrogen-bond donors (Lipinski definition) is 1. The third-order valence-electron chi connectivity index (χ3n) is 4.15. The smallest absolute Gasteiger partial charge is 0.0484 e. The maximum absolute atomic E-state index is 3.55. The highest BCUT2D eigenvalue weighted by atomic mass is 15.0. The molecule has 0 amide bonds. The van der Waals surface area contributed by atoms with Crippen LogP contribution in [0.25, 0.3) is 5.69 Å². The highest BCUT2D eigenvalue weighted by Gasteiger charge is 2.11. The lowest BCUT2D eigenvalue weighted by atomic mass is 10.1. The summed E-state index contributed by atoms with van der Waals surface area (Å²) < 4.78 is 2.38. The molecule has 0 fully saturated rings. The number of hydrogen-bond acceptors (Lipinski definition) is 1. The monoisotopic (exact) mass is 284 g/mol. The van der Waals surface area contributed by atoms with Crippen LogP contribution in [0, 0.1) is 27.7 Å². The zero-order valence-corrected chi connectivity index (χ0v) is 14.1. The van der Waals surface area contributed by atoms with Crippen LogP contribution in [-0.2, 0) is 6.54 Å². The van der Waals surface area contributed by atoms with E-state index in [0.717, 1.165) is 13.1 Å². The molecular formula is C19H28N2. The van der Waals surface area contributed by atoms with E-state index in [9.17, 15) is 0 Å². The van der Waals surface area contributed by atoms with Gasteiger partial charge < -0.3 is 9.88 Å². The van der Waals surface area contributed by atoms with E-state index in [4.69, 9.17) is 0 Å². The van der Waals surface area contributed by atoms with Crippen molar-refractivity contribution in [1.29, 1.82) is 0 Å². The Hall–Kier alpha value is -1.54. The van der Waals surface area contributed by atoms with Crippen LogP contribution in [0.1, 0.15) is 47.8 Å². The average molecular weight is 284 g/mol. The molecule has 0 spiro atoms. The summed E-state index contributed by atoms with van der Waals surface area (Å²) in [6, 6.07) is 9.00. The van der Waals surface area contributed by atoms with Gasteiger partial charge in [0.05, 0.1) is 0 Å². The first-order valence-electron chi connectivity index (χ1n) is 8.00. The SMILES string of the molecule is CCCCNCc1cc(C)n(-c2ccc(C)cc2C)c1C. The van der Waals surface area contributed by atoms with Crippen LogP contribution in [-0.4, -0.2) is 11.1 Å². The van der Waals surface area contributed by atoms with Crippen molar-refractivity contribution in [1.82, 2.24) is 9.88 Å². The Kier molecular flexibility index (Phi) is 5.24. The molecule has 0 bridgehead atoms. The Morgan fingerprint density at radius 3 is 2.48 bits per heavy atom. The van der Waals surface area contributed by atoms with Gasteiger partial charge in [-0.1, -0.05) is 31.0 Å². The molecule has 21 heavy (non-hydrogen) atoms. The summed E-state index contributed by atoms with van der Waals surface area (Å²) in [5.74, 6) is 0. The van der Waals surface area contributed by atoms with Crippen molar-refractivity contribution in [3.05, 3.63) is 52.3 Å². The molecule has 2 heteroatoms. The molecule has 1 aromatic carbocycles. The molecule has 1 heterocycles. The van der Waals surface area contributed by atoms with Crippen molar-refractivity contribution in [2.45, 2.75) is 54.0 Å². The number of nitrogens with one attached hydrogen (secondary N) is 1. The Bertz CT molecular complexity index is 608. The molecular weight excluding hydrogens is 256 g/mol. The van der Waals surface area contributed by atoms with Gasteiger partial charge in [0.2, 0.25) is 0 Å². The quantitative estimate of drug-likeness (QED) is 0.767. The minimum atomic E-state index is 0.963. The minimum Gasteiger partial charge on any atom is -0.318 e. The molecule has 0 aliphatic rings. The van der Waals surface area contributed by atoms with Gasteiger partial charge in [-0.25, -0.2) is 0 Å². The van der Waals surface area contributed by atoms with Crippen LogP contribution < -0.4 is 5.32 Å². The molecule has 0 aliphatic heterocycles. The van der Waals surface area contributed by atoms with E-state index in [1.165, 1.54) is 46.6 Å². The first-order chi connectivity index (χ1) is 10.0. The van der Waals surface area contributed by atoms with Crippen LogP contribution in [0.3, 0.4) is 0 Å². The van der Waals surface area contributed by atoms with Crippen LogP contribution in [0.5, 0.6) is 0 Å². The van der Waals surface area contributed by atoms with Crippen LogP contribution >= 0.6 is 0 Å². The topological polar surface area (TPSA) is 17.0 Å². The van der Waals surface area contributed by atoms with Crippen LogP contribution in [0.15, 0.2) is 24.3 Å². The molecule has 2 nitrogen and oxygen atoms in total. The summed E-state index contributed by atoms with van der Waals surface area (Å²) in [5, 5.41) is 3.55. The van der Waals surface area contributed by atoms with Crippen molar-refractivity contribution in [3.8, 4) is 5.69 Å². The minimum absolute atomic E-state index is 0.963. The highest BCUT2D eigenvalue weighted by molar-refractivity contribution is 5.47. The summed E-state index contributed by atoms with van der Waals surface area (Å²) in [5.41, 5.74) is 8.02. The molecule has 0 radical (unpaired) electrons. The standard InChI is InChI=1S/C19H28N2/c1-6-7-10-20-13-18-12-16(4)21(17(18)5)19-9-8-14(2)11-15(19)3/h8-9,11-12,20H,6-7,10,13H2,1-5H3. The van der Waals surface area contributed by atoms with E-state index in [-0.39, 0.29) is 0 Å². The predicted molar refractivity (Wildman–Crippen MR) is 91.3 cm³/mol. The molecule has 0 aliphatic carbocycles. The third-order valence-corrected chi connectivity index (χ3v) is 4.15. The summed E-state index contributed by atoms with van der Waals surface area (Å²) >= 11 is 0. The third kappa shape index (κ3) is 3.56. The first-order valence-corrected chi connectivity index (χ1v) is 8.00. The average Bonchev–Trinajstić information content (AvgIpc) is 2.71. The van der Waals surface area contributed by atoms with E-state index < -0.39 is 0 Å². The summed E-state index contributed by atoms with van der Waals surface area (Å²) in [7, 11) is 0. The maximum atomic E-state index is 3.55. The molecule has 114 valence electrons. The molecule has 2 rings (SSSR count). The second kappa shape index (κ2) is 6.95. The number of benzene rings is 1. The van der Waals surface area contributed by atoms with E-state index >= 15 is 0 Å². The first kappa shape index (κ1) is 15.8. The van der Waals surface area contributed by atoms with Crippen molar-refractivity contribution in [2.75, 3.05) is 6.54 Å². The van der Waals surface area contributed by atoms with E-state index in [0.29, 0.717) is 0 Å². The Morgan fingerprint density at radius 1 is 1.05 bits per heavy atom. The van der Waals surface area contributed by atoms with E-state index in [2.05, 4.69) is 68.8 Å². The molecule has 1 N–H and O–H groups in total. The zero-order valence-electron chi connectivity index (χ0n) is 14.1. The van der Waals surface area contributed by atoms with Gasteiger partial charge in [-0.3, -0.25) is 0 Å². The number of aromatic nitrogens is 1. The van der Waals surface area contributed by atoms with Crippen LogP contribution in [0.4, 0.5) is 0 Å². The lowest BCUT2D eigenvalue weighted by Gasteiger charge is -2.14.